The summed E-state index contributed by atoms with van der Waals surface area (Å²) in [5.41, 5.74) is 0.676. The first-order valence-corrected chi connectivity index (χ1v) is 6.06. The van der Waals surface area contributed by atoms with Crippen molar-refractivity contribution in [2.45, 2.75) is 11.9 Å². The molecule has 0 fully saturated rings. The number of pyridine rings is 1. The van der Waals surface area contributed by atoms with Crippen LogP contribution in [0.3, 0.4) is 0 Å². The van der Waals surface area contributed by atoms with Crippen molar-refractivity contribution in [3.05, 3.63) is 18.0 Å². The van der Waals surface area contributed by atoms with Crippen molar-refractivity contribution < 1.29 is 19.0 Å². The summed E-state index contributed by atoms with van der Waals surface area (Å²) >= 11 is 5.82. The Balaban J connectivity index is 2.60. The van der Waals surface area contributed by atoms with Crippen molar-refractivity contribution >= 4 is 17.6 Å². The van der Waals surface area contributed by atoms with Crippen LogP contribution in [-0.2, 0) is 16.1 Å². The summed E-state index contributed by atoms with van der Waals surface area (Å²) in [6.45, 7) is 0.677. The molecule has 1 unspecified atom stereocenters. The summed E-state index contributed by atoms with van der Waals surface area (Å²) in [5, 5.41) is 2.28. The molecule has 1 heterocycles. The molecule has 19 heavy (non-hydrogen) atoms. The Kier molecular flexibility index (Phi) is 6.38. The standard InChI is InChI=1S/C12H17ClN2O4/c1-17-10-4-5-15-9(11(10)18-2)7-14-6-8(13)12(16)19-3/h4-5,8,14H,6-7H2,1-3H3. The lowest BCUT2D eigenvalue weighted by Gasteiger charge is -2.13. The number of esters is 1. The van der Waals surface area contributed by atoms with Gasteiger partial charge in [-0.1, -0.05) is 0 Å². The van der Waals surface area contributed by atoms with Gasteiger partial charge < -0.3 is 19.5 Å². The fourth-order valence-corrected chi connectivity index (χ4v) is 1.70. The van der Waals surface area contributed by atoms with Gasteiger partial charge in [0.05, 0.1) is 27.0 Å². The van der Waals surface area contributed by atoms with E-state index in [1.807, 2.05) is 0 Å². The fourth-order valence-electron chi connectivity index (χ4n) is 1.51. The lowest BCUT2D eigenvalue weighted by atomic mass is 10.3. The molecule has 0 aliphatic rings. The second-order valence-corrected chi connectivity index (χ2v) is 4.14. The van der Waals surface area contributed by atoms with E-state index in [0.717, 1.165) is 0 Å². The second kappa shape index (κ2) is 7.81. The molecule has 1 rings (SSSR count). The van der Waals surface area contributed by atoms with Crippen LogP contribution in [0.25, 0.3) is 0 Å². The number of carbonyl (C=O) groups excluding carboxylic acids is 1. The van der Waals surface area contributed by atoms with Crippen LogP contribution in [-0.4, -0.2) is 44.2 Å². The average Bonchev–Trinajstić information content (AvgIpc) is 2.45. The minimum Gasteiger partial charge on any atom is -0.493 e. The Morgan fingerprint density at radius 1 is 1.42 bits per heavy atom. The molecule has 0 spiro atoms. The van der Waals surface area contributed by atoms with Crippen molar-refractivity contribution in [1.82, 2.24) is 10.3 Å². The SMILES string of the molecule is COC(=O)C(Cl)CNCc1nccc(OC)c1OC. The van der Waals surface area contributed by atoms with Crippen LogP contribution in [0.2, 0.25) is 0 Å². The molecule has 0 radical (unpaired) electrons. The molecule has 1 atom stereocenters. The molecule has 0 amide bonds. The van der Waals surface area contributed by atoms with Gasteiger partial charge in [-0.15, -0.1) is 11.6 Å². The number of aromatic nitrogens is 1. The van der Waals surface area contributed by atoms with Gasteiger partial charge in [0.1, 0.15) is 5.38 Å². The highest BCUT2D eigenvalue weighted by Gasteiger charge is 2.16. The van der Waals surface area contributed by atoms with E-state index in [1.165, 1.54) is 7.11 Å². The highest BCUT2D eigenvalue weighted by atomic mass is 35.5. The predicted octanol–water partition coefficient (Wildman–Crippen LogP) is 0.969. The summed E-state index contributed by atoms with van der Waals surface area (Å²) in [7, 11) is 4.40. The molecular formula is C12H17ClN2O4. The van der Waals surface area contributed by atoms with Gasteiger partial charge in [0.2, 0.25) is 0 Å². The molecule has 0 saturated heterocycles. The molecule has 0 bridgehead atoms. The molecule has 1 aromatic heterocycles. The van der Waals surface area contributed by atoms with Crippen molar-refractivity contribution in [3.63, 3.8) is 0 Å². The third-order valence-corrected chi connectivity index (χ3v) is 2.77. The van der Waals surface area contributed by atoms with Crippen molar-refractivity contribution in [1.29, 1.82) is 0 Å². The van der Waals surface area contributed by atoms with Gasteiger partial charge in [-0.05, 0) is 0 Å². The van der Waals surface area contributed by atoms with Gasteiger partial charge >= 0.3 is 5.97 Å². The zero-order valence-electron chi connectivity index (χ0n) is 11.1. The number of halogens is 1. The highest BCUT2D eigenvalue weighted by Crippen LogP contribution is 2.28. The number of alkyl halides is 1. The molecule has 0 saturated carbocycles. The Morgan fingerprint density at radius 2 is 2.16 bits per heavy atom. The first kappa shape index (κ1) is 15.5. The first-order valence-electron chi connectivity index (χ1n) is 5.62. The smallest absolute Gasteiger partial charge is 0.325 e. The number of hydrogen-bond acceptors (Lipinski definition) is 6. The Bertz CT molecular complexity index is 428. The number of hydrogen-bond donors (Lipinski definition) is 1. The van der Waals surface area contributed by atoms with Crippen molar-refractivity contribution in [3.8, 4) is 11.5 Å². The van der Waals surface area contributed by atoms with E-state index in [4.69, 9.17) is 21.1 Å². The van der Waals surface area contributed by atoms with Crippen LogP contribution in [0.4, 0.5) is 0 Å². The molecule has 0 aromatic carbocycles. The van der Waals surface area contributed by atoms with E-state index < -0.39 is 11.3 Å². The van der Waals surface area contributed by atoms with Gasteiger partial charge in [-0.2, -0.15) is 0 Å². The lowest BCUT2D eigenvalue weighted by molar-refractivity contribution is -0.140. The number of rotatable bonds is 7. The van der Waals surface area contributed by atoms with E-state index in [0.29, 0.717) is 23.7 Å². The van der Waals surface area contributed by atoms with Crippen LogP contribution < -0.4 is 14.8 Å². The molecular weight excluding hydrogens is 272 g/mol. The minimum absolute atomic E-state index is 0.274. The van der Waals surface area contributed by atoms with Crippen LogP contribution in [0.1, 0.15) is 5.69 Å². The summed E-state index contributed by atoms with van der Waals surface area (Å²) in [6.07, 6.45) is 1.62. The molecule has 0 aliphatic carbocycles. The molecule has 106 valence electrons. The summed E-state index contributed by atoms with van der Waals surface area (Å²) < 4.78 is 14.9. The van der Waals surface area contributed by atoms with Crippen molar-refractivity contribution in [2.75, 3.05) is 27.9 Å². The fraction of sp³-hybridized carbons (Fsp3) is 0.500. The zero-order valence-corrected chi connectivity index (χ0v) is 11.9. The second-order valence-electron chi connectivity index (χ2n) is 3.61. The van der Waals surface area contributed by atoms with Gasteiger partial charge in [-0.3, -0.25) is 9.78 Å². The van der Waals surface area contributed by atoms with Crippen LogP contribution >= 0.6 is 11.6 Å². The summed E-state index contributed by atoms with van der Waals surface area (Å²) in [4.78, 5) is 15.3. The molecule has 1 N–H and O–H groups in total. The number of carbonyl (C=O) groups is 1. The number of methoxy groups -OCH3 is 3. The van der Waals surface area contributed by atoms with Crippen molar-refractivity contribution in [2.24, 2.45) is 0 Å². The lowest BCUT2D eigenvalue weighted by Crippen LogP contribution is -2.30. The van der Waals surface area contributed by atoms with E-state index >= 15 is 0 Å². The third-order valence-electron chi connectivity index (χ3n) is 2.44. The number of nitrogens with one attached hydrogen (secondary N) is 1. The van der Waals surface area contributed by atoms with E-state index in [1.54, 1.807) is 26.5 Å². The molecule has 0 aliphatic heterocycles. The molecule has 1 aromatic rings. The number of ether oxygens (including phenoxy) is 3. The minimum atomic E-state index is -0.735. The molecule has 7 heteroatoms. The van der Waals surface area contributed by atoms with Gasteiger partial charge in [0, 0.05) is 25.4 Å². The maximum absolute atomic E-state index is 11.1. The first-order chi connectivity index (χ1) is 9.13. The topological polar surface area (TPSA) is 69.7 Å². The zero-order chi connectivity index (χ0) is 14.3. The van der Waals surface area contributed by atoms with Crippen LogP contribution in [0.5, 0.6) is 11.5 Å². The maximum Gasteiger partial charge on any atom is 0.325 e. The Morgan fingerprint density at radius 3 is 2.74 bits per heavy atom. The molecule has 6 nitrogen and oxygen atoms in total. The summed E-state index contributed by atoms with van der Waals surface area (Å²) in [6, 6.07) is 1.71. The quantitative estimate of drug-likeness (QED) is 0.595. The predicted molar refractivity (Wildman–Crippen MR) is 70.7 cm³/mol. The monoisotopic (exact) mass is 288 g/mol. The van der Waals surface area contributed by atoms with E-state index in [-0.39, 0.29) is 6.54 Å². The highest BCUT2D eigenvalue weighted by molar-refractivity contribution is 6.30. The normalized spacial score (nSPS) is 11.8. The van der Waals surface area contributed by atoms with Crippen LogP contribution in [0, 0.1) is 0 Å². The third kappa shape index (κ3) is 4.25. The van der Waals surface area contributed by atoms with Gasteiger partial charge in [0.15, 0.2) is 11.5 Å². The van der Waals surface area contributed by atoms with Gasteiger partial charge in [-0.25, -0.2) is 0 Å². The summed E-state index contributed by atoms with van der Waals surface area (Å²) in [5.74, 6) is 0.686. The van der Waals surface area contributed by atoms with E-state index in [9.17, 15) is 4.79 Å². The number of nitrogens with zero attached hydrogens (tertiary/aromatic N) is 1. The Labute approximate surface area is 117 Å². The average molecular weight is 289 g/mol. The largest absolute Gasteiger partial charge is 0.493 e. The van der Waals surface area contributed by atoms with Crippen LogP contribution in [0.15, 0.2) is 12.3 Å². The maximum atomic E-state index is 11.1. The Hall–Kier alpha value is -1.53. The van der Waals surface area contributed by atoms with E-state index in [2.05, 4.69) is 15.0 Å². The van der Waals surface area contributed by atoms with Gasteiger partial charge in [0.25, 0.3) is 0 Å².